The van der Waals surface area contributed by atoms with Crippen molar-refractivity contribution in [2.75, 3.05) is 0 Å². The largest absolute Gasteiger partial charge is 0.382 e. The van der Waals surface area contributed by atoms with Crippen LogP contribution in [0.5, 0.6) is 0 Å². The van der Waals surface area contributed by atoms with E-state index in [2.05, 4.69) is 31.4 Å². The molecule has 4 rings (SSSR count). The number of aliphatic hydroxyl groups is 1. The zero-order valence-corrected chi connectivity index (χ0v) is 17.5. The van der Waals surface area contributed by atoms with Crippen LogP contribution >= 0.6 is 27.5 Å². The molecule has 0 saturated carbocycles. The van der Waals surface area contributed by atoms with Gasteiger partial charge in [0.1, 0.15) is 17.6 Å². The first-order chi connectivity index (χ1) is 13.9. The summed E-state index contributed by atoms with van der Waals surface area (Å²) in [6.45, 7) is 1.83. The molecule has 0 radical (unpaired) electrons. The maximum Gasteiger partial charge on any atom is 0.173 e. The highest BCUT2D eigenvalue weighted by atomic mass is 79.9. The molecule has 1 atom stereocenters. The zero-order valence-electron chi connectivity index (χ0n) is 15.2. The first kappa shape index (κ1) is 19.8. The maximum absolute atomic E-state index is 14.0. The zero-order chi connectivity index (χ0) is 20.5. The molecule has 4 aromatic rings. The molecule has 6 nitrogen and oxygen atoms in total. The van der Waals surface area contributed by atoms with Crippen LogP contribution in [0, 0.1) is 12.7 Å². The van der Waals surface area contributed by atoms with Crippen LogP contribution in [0.1, 0.15) is 28.6 Å². The molecule has 1 N–H and O–H groups in total. The lowest BCUT2D eigenvalue weighted by atomic mass is 10.0. The van der Waals surface area contributed by atoms with Crippen molar-refractivity contribution in [1.82, 2.24) is 20.2 Å². The topological polar surface area (TPSA) is 77.0 Å². The van der Waals surface area contributed by atoms with E-state index >= 15 is 0 Å². The minimum absolute atomic E-state index is 0.0907. The number of halogens is 3. The molecule has 1 unspecified atom stereocenters. The number of hydrogen-bond donors (Lipinski definition) is 1. The molecule has 148 valence electrons. The Morgan fingerprint density at radius 2 is 2.00 bits per heavy atom. The van der Waals surface area contributed by atoms with Gasteiger partial charge in [-0.25, -0.2) is 9.07 Å². The highest BCUT2D eigenvalue weighted by Crippen LogP contribution is 2.34. The van der Waals surface area contributed by atoms with Crippen molar-refractivity contribution in [3.05, 3.63) is 86.5 Å². The number of aromatic nitrogens is 4. The van der Waals surface area contributed by atoms with Crippen molar-refractivity contribution in [3.63, 3.8) is 0 Å². The Kier molecular flexibility index (Phi) is 5.49. The normalized spacial score (nSPS) is 12.3. The van der Waals surface area contributed by atoms with Crippen molar-refractivity contribution in [3.8, 4) is 11.3 Å². The van der Waals surface area contributed by atoms with E-state index in [1.807, 2.05) is 24.3 Å². The number of benzene rings is 2. The number of rotatable bonds is 5. The standard InChI is InChI=1S/C20H15BrClFN4O2/c1-11-18(20(29-25-11)12-5-7-13(21)8-6-12)19(28)17-10-27(26-24-17)9-14-15(22)3-2-4-16(14)23/h2-8,10,19,28H,9H2,1H3. The van der Waals surface area contributed by atoms with Crippen molar-refractivity contribution in [2.45, 2.75) is 19.6 Å². The van der Waals surface area contributed by atoms with Crippen LogP contribution in [0.4, 0.5) is 4.39 Å². The fourth-order valence-electron chi connectivity index (χ4n) is 3.02. The van der Waals surface area contributed by atoms with E-state index in [9.17, 15) is 9.50 Å². The molecule has 0 aliphatic rings. The Bertz CT molecular complexity index is 1140. The van der Waals surface area contributed by atoms with E-state index in [-0.39, 0.29) is 6.54 Å². The fourth-order valence-corrected chi connectivity index (χ4v) is 3.50. The minimum atomic E-state index is -1.11. The van der Waals surface area contributed by atoms with Crippen molar-refractivity contribution in [1.29, 1.82) is 0 Å². The first-order valence-corrected chi connectivity index (χ1v) is 9.84. The Hall–Kier alpha value is -2.55. The molecule has 2 heterocycles. The Morgan fingerprint density at radius 3 is 2.72 bits per heavy atom. The van der Waals surface area contributed by atoms with Gasteiger partial charge in [-0.3, -0.25) is 0 Å². The summed E-state index contributed by atoms with van der Waals surface area (Å²) in [4.78, 5) is 0. The van der Waals surface area contributed by atoms with E-state index in [1.165, 1.54) is 16.8 Å². The van der Waals surface area contributed by atoms with Crippen LogP contribution in [-0.2, 0) is 6.54 Å². The Labute approximate surface area is 179 Å². The molecule has 2 aromatic carbocycles. The summed E-state index contributed by atoms with van der Waals surface area (Å²) in [5.41, 5.74) is 2.41. The third kappa shape index (κ3) is 3.96. The van der Waals surface area contributed by atoms with E-state index in [1.54, 1.807) is 19.2 Å². The predicted octanol–water partition coefficient (Wildman–Crippen LogP) is 4.93. The maximum atomic E-state index is 14.0. The summed E-state index contributed by atoms with van der Waals surface area (Å²) in [7, 11) is 0. The van der Waals surface area contributed by atoms with Gasteiger partial charge in [0.25, 0.3) is 0 Å². The molecule has 0 saturated heterocycles. The van der Waals surface area contributed by atoms with Crippen LogP contribution in [0.15, 0.2) is 57.7 Å². The minimum Gasteiger partial charge on any atom is -0.382 e. The average molecular weight is 478 g/mol. The summed E-state index contributed by atoms with van der Waals surface area (Å²) in [5, 5.41) is 23.2. The quantitative estimate of drug-likeness (QED) is 0.441. The van der Waals surface area contributed by atoms with E-state index < -0.39 is 11.9 Å². The molecule has 0 aliphatic carbocycles. The Morgan fingerprint density at radius 1 is 1.24 bits per heavy atom. The summed E-state index contributed by atoms with van der Waals surface area (Å²) in [6.07, 6.45) is 0.440. The van der Waals surface area contributed by atoms with Gasteiger partial charge in [0, 0.05) is 20.6 Å². The monoisotopic (exact) mass is 476 g/mol. The van der Waals surface area contributed by atoms with E-state index in [0.29, 0.717) is 33.3 Å². The smallest absolute Gasteiger partial charge is 0.173 e. The van der Waals surface area contributed by atoms with Gasteiger partial charge < -0.3 is 9.63 Å². The number of nitrogens with zero attached hydrogens (tertiary/aromatic N) is 4. The van der Waals surface area contributed by atoms with E-state index in [4.69, 9.17) is 16.1 Å². The van der Waals surface area contributed by atoms with Gasteiger partial charge in [0.2, 0.25) is 0 Å². The molecular formula is C20H15BrClFN4O2. The van der Waals surface area contributed by atoms with E-state index in [0.717, 1.165) is 10.0 Å². The molecule has 9 heteroatoms. The lowest BCUT2D eigenvalue weighted by molar-refractivity contribution is 0.214. The third-order valence-corrected chi connectivity index (χ3v) is 5.39. The highest BCUT2D eigenvalue weighted by Gasteiger charge is 2.26. The summed E-state index contributed by atoms with van der Waals surface area (Å²) < 4.78 is 21.8. The molecule has 0 spiro atoms. The molecule has 0 amide bonds. The number of aryl methyl sites for hydroxylation is 1. The molecule has 29 heavy (non-hydrogen) atoms. The van der Waals surface area contributed by atoms with Crippen LogP contribution in [0.2, 0.25) is 5.02 Å². The molecule has 0 fully saturated rings. The van der Waals surface area contributed by atoms with Gasteiger partial charge in [0.15, 0.2) is 5.76 Å². The van der Waals surface area contributed by atoms with Crippen molar-refractivity contribution in [2.24, 2.45) is 0 Å². The van der Waals surface area contributed by atoms with Crippen LogP contribution in [-0.4, -0.2) is 25.3 Å². The van der Waals surface area contributed by atoms with Crippen LogP contribution in [0.3, 0.4) is 0 Å². The summed E-state index contributed by atoms with van der Waals surface area (Å²) >= 11 is 9.47. The first-order valence-electron chi connectivity index (χ1n) is 8.67. The summed E-state index contributed by atoms with van der Waals surface area (Å²) in [5.74, 6) is 0.0247. The Balaban J connectivity index is 1.64. The fraction of sp³-hybridized carbons (Fsp3) is 0.150. The lowest BCUT2D eigenvalue weighted by Gasteiger charge is -2.08. The van der Waals surface area contributed by atoms with Gasteiger partial charge in [0.05, 0.1) is 24.0 Å². The van der Waals surface area contributed by atoms with Crippen molar-refractivity contribution >= 4 is 27.5 Å². The predicted molar refractivity (Wildman–Crippen MR) is 109 cm³/mol. The average Bonchev–Trinajstić information content (AvgIpc) is 3.32. The second kappa shape index (κ2) is 8.06. The third-order valence-electron chi connectivity index (χ3n) is 4.51. The number of hydrogen-bond acceptors (Lipinski definition) is 5. The lowest BCUT2D eigenvalue weighted by Crippen LogP contribution is -2.04. The second-order valence-corrected chi connectivity index (χ2v) is 7.78. The van der Waals surface area contributed by atoms with Crippen LogP contribution < -0.4 is 0 Å². The SMILES string of the molecule is Cc1noc(-c2ccc(Br)cc2)c1C(O)c1cn(Cc2c(F)cccc2Cl)nn1. The molecule has 2 aromatic heterocycles. The number of aliphatic hydroxyl groups excluding tert-OH is 1. The van der Waals surface area contributed by atoms with Gasteiger partial charge >= 0.3 is 0 Å². The van der Waals surface area contributed by atoms with Gasteiger partial charge in [-0.05, 0) is 31.2 Å². The molecule has 0 aliphatic heterocycles. The molecule has 0 bridgehead atoms. The second-order valence-electron chi connectivity index (χ2n) is 6.46. The van der Waals surface area contributed by atoms with Crippen LogP contribution in [0.25, 0.3) is 11.3 Å². The van der Waals surface area contributed by atoms with Gasteiger partial charge in [-0.2, -0.15) is 0 Å². The van der Waals surface area contributed by atoms with Gasteiger partial charge in [-0.15, -0.1) is 5.10 Å². The molecular weight excluding hydrogens is 463 g/mol. The van der Waals surface area contributed by atoms with Crippen molar-refractivity contribution < 1.29 is 14.0 Å². The summed E-state index contributed by atoms with van der Waals surface area (Å²) in [6, 6.07) is 11.9. The highest BCUT2D eigenvalue weighted by molar-refractivity contribution is 9.10. The van der Waals surface area contributed by atoms with Gasteiger partial charge in [-0.1, -0.05) is 56.1 Å².